The summed E-state index contributed by atoms with van der Waals surface area (Å²) in [6, 6.07) is 5.82. The molecular formula is C20H33NO4. The van der Waals surface area contributed by atoms with Crippen LogP contribution in [0.5, 0.6) is 11.5 Å². The first-order valence-electron chi connectivity index (χ1n) is 9.06. The Bertz CT molecular complexity index is 545. The Morgan fingerprint density at radius 2 is 1.88 bits per heavy atom. The quantitative estimate of drug-likeness (QED) is 0.854. The second-order valence-electron chi connectivity index (χ2n) is 8.05. The first kappa shape index (κ1) is 20.0. The van der Waals surface area contributed by atoms with E-state index in [1.54, 1.807) is 7.11 Å². The van der Waals surface area contributed by atoms with E-state index in [4.69, 9.17) is 14.2 Å². The Kier molecular flexibility index (Phi) is 6.72. The Morgan fingerprint density at radius 3 is 2.44 bits per heavy atom. The lowest BCUT2D eigenvalue weighted by atomic mass is 9.86. The molecule has 0 saturated carbocycles. The van der Waals surface area contributed by atoms with E-state index >= 15 is 0 Å². The number of nitrogens with zero attached hydrogens (tertiary/aromatic N) is 1. The van der Waals surface area contributed by atoms with Gasteiger partial charge in [-0.25, -0.2) is 0 Å². The fourth-order valence-electron chi connectivity index (χ4n) is 3.32. The van der Waals surface area contributed by atoms with Gasteiger partial charge in [0.25, 0.3) is 0 Å². The number of β-amino-alcohol motifs (C(OH)–C–C–N with tert-alkyl or cyclic N) is 1. The van der Waals surface area contributed by atoms with Crippen LogP contribution in [0.3, 0.4) is 0 Å². The zero-order chi connectivity index (χ0) is 18.6. The number of hydrogen-bond acceptors (Lipinski definition) is 5. The minimum absolute atomic E-state index is 0.0656. The number of aliphatic hydroxyl groups is 1. The van der Waals surface area contributed by atoms with Gasteiger partial charge in [-0.05, 0) is 37.5 Å². The van der Waals surface area contributed by atoms with Crippen molar-refractivity contribution in [3.8, 4) is 11.5 Å². The average Bonchev–Trinajstić information content (AvgIpc) is 2.50. The van der Waals surface area contributed by atoms with Crippen LogP contribution in [0.4, 0.5) is 0 Å². The summed E-state index contributed by atoms with van der Waals surface area (Å²) in [5.41, 5.74) is 1.01. The van der Waals surface area contributed by atoms with E-state index in [9.17, 15) is 5.11 Å². The summed E-state index contributed by atoms with van der Waals surface area (Å²) in [4.78, 5) is 2.24. The molecule has 0 aliphatic carbocycles. The maximum atomic E-state index is 10.4. The molecule has 1 saturated heterocycles. The summed E-state index contributed by atoms with van der Waals surface area (Å²) in [7, 11) is 1.66. The molecule has 25 heavy (non-hydrogen) atoms. The molecule has 0 amide bonds. The van der Waals surface area contributed by atoms with Crippen molar-refractivity contribution >= 4 is 0 Å². The van der Waals surface area contributed by atoms with Crippen LogP contribution in [-0.4, -0.2) is 61.7 Å². The molecular weight excluding hydrogens is 318 g/mol. The van der Waals surface area contributed by atoms with Gasteiger partial charge >= 0.3 is 0 Å². The van der Waals surface area contributed by atoms with Crippen LogP contribution in [0.25, 0.3) is 0 Å². The van der Waals surface area contributed by atoms with Gasteiger partial charge in [0.15, 0.2) is 0 Å². The Morgan fingerprint density at radius 1 is 1.24 bits per heavy atom. The van der Waals surface area contributed by atoms with Crippen LogP contribution in [0.2, 0.25) is 0 Å². The molecule has 2 rings (SSSR count). The third-order valence-corrected chi connectivity index (χ3v) is 4.39. The van der Waals surface area contributed by atoms with Crippen molar-refractivity contribution in [2.24, 2.45) is 0 Å². The average molecular weight is 351 g/mol. The van der Waals surface area contributed by atoms with E-state index in [2.05, 4.69) is 39.5 Å². The predicted octanol–water partition coefficient (Wildman–Crippen LogP) is 2.84. The fourth-order valence-corrected chi connectivity index (χ4v) is 3.32. The van der Waals surface area contributed by atoms with Crippen LogP contribution >= 0.6 is 0 Å². The highest BCUT2D eigenvalue weighted by Gasteiger charge is 2.25. The molecule has 3 atom stereocenters. The highest BCUT2D eigenvalue weighted by Crippen LogP contribution is 2.34. The lowest BCUT2D eigenvalue weighted by Crippen LogP contribution is -2.48. The van der Waals surface area contributed by atoms with E-state index in [1.807, 2.05) is 18.2 Å². The molecule has 0 unspecified atom stereocenters. The smallest absolute Gasteiger partial charge is 0.123 e. The molecule has 0 spiro atoms. The van der Waals surface area contributed by atoms with Gasteiger partial charge in [-0.15, -0.1) is 0 Å². The van der Waals surface area contributed by atoms with Gasteiger partial charge in [-0.3, -0.25) is 4.90 Å². The van der Waals surface area contributed by atoms with Crippen molar-refractivity contribution in [3.63, 3.8) is 0 Å². The van der Waals surface area contributed by atoms with Crippen molar-refractivity contribution < 1.29 is 19.3 Å². The van der Waals surface area contributed by atoms with Crippen LogP contribution in [0.15, 0.2) is 18.2 Å². The third-order valence-electron chi connectivity index (χ3n) is 4.39. The fraction of sp³-hybridized carbons (Fsp3) is 0.700. The molecule has 1 aliphatic heterocycles. The minimum Gasteiger partial charge on any atom is -0.497 e. The van der Waals surface area contributed by atoms with Gasteiger partial charge in [0.2, 0.25) is 0 Å². The van der Waals surface area contributed by atoms with Crippen LogP contribution in [0.1, 0.15) is 40.2 Å². The maximum Gasteiger partial charge on any atom is 0.123 e. The molecule has 0 aromatic heterocycles. The van der Waals surface area contributed by atoms with Gasteiger partial charge in [0.1, 0.15) is 24.2 Å². The number of methoxy groups -OCH3 is 1. The number of benzene rings is 1. The molecule has 1 aromatic rings. The molecule has 1 aromatic carbocycles. The number of ether oxygens (including phenoxy) is 3. The van der Waals surface area contributed by atoms with E-state index in [0.29, 0.717) is 6.54 Å². The lowest BCUT2D eigenvalue weighted by molar-refractivity contribution is -0.0787. The largest absolute Gasteiger partial charge is 0.497 e. The van der Waals surface area contributed by atoms with Crippen molar-refractivity contribution in [2.45, 2.75) is 58.3 Å². The van der Waals surface area contributed by atoms with Crippen LogP contribution in [-0.2, 0) is 10.2 Å². The van der Waals surface area contributed by atoms with E-state index in [1.165, 1.54) is 0 Å². The van der Waals surface area contributed by atoms with Gasteiger partial charge in [0.05, 0.1) is 19.3 Å². The first-order chi connectivity index (χ1) is 11.7. The van der Waals surface area contributed by atoms with Crippen LogP contribution in [0, 0.1) is 0 Å². The number of aliphatic hydroxyl groups excluding tert-OH is 1. The standard InChI is InChI=1S/C20H33NO4/c1-14-10-21(11-15(2)25-14)12-16(22)13-24-19-8-7-17(23-6)9-18(19)20(3,4)5/h7-9,14-16,22H,10-13H2,1-6H3/t14-,15-,16+/m0/s1. The van der Waals surface area contributed by atoms with E-state index < -0.39 is 6.10 Å². The summed E-state index contributed by atoms with van der Waals surface area (Å²) in [6.45, 7) is 13.1. The number of hydrogen-bond donors (Lipinski definition) is 1. The summed E-state index contributed by atoms with van der Waals surface area (Å²) in [5, 5.41) is 10.4. The molecule has 1 aliphatic rings. The molecule has 1 fully saturated rings. The Balaban J connectivity index is 1.96. The second-order valence-corrected chi connectivity index (χ2v) is 8.05. The summed E-state index contributed by atoms with van der Waals surface area (Å²) in [6.07, 6.45) is -0.135. The molecule has 0 radical (unpaired) electrons. The zero-order valence-electron chi connectivity index (χ0n) is 16.4. The topological polar surface area (TPSA) is 51.2 Å². The predicted molar refractivity (Wildman–Crippen MR) is 99.6 cm³/mol. The van der Waals surface area contributed by atoms with Gasteiger partial charge in [0, 0.05) is 25.2 Å². The van der Waals surface area contributed by atoms with Gasteiger partial charge in [-0.1, -0.05) is 20.8 Å². The summed E-state index contributed by atoms with van der Waals surface area (Å²) < 4.78 is 17.0. The third kappa shape index (κ3) is 5.87. The van der Waals surface area contributed by atoms with Crippen molar-refractivity contribution in [1.29, 1.82) is 0 Å². The zero-order valence-corrected chi connectivity index (χ0v) is 16.4. The normalized spacial score (nSPS) is 23.3. The highest BCUT2D eigenvalue weighted by molar-refractivity contribution is 5.44. The van der Waals surface area contributed by atoms with E-state index in [-0.39, 0.29) is 24.2 Å². The molecule has 142 valence electrons. The SMILES string of the molecule is COc1ccc(OC[C@H](O)CN2C[C@H](C)O[C@@H](C)C2)c(C(C)(C)C)c1. The van der Waals surface area contributed by atoms with Crippen molar-refractivity contribution in [2.75, 3.05) is 33.4 Å². The summed E-state index contributed by atoms with van der Waals surface area (Å²) in [5.74, 6) is 1.62. The monoisotopic (exact) mass is 351 g/mol. The minimum atomic E-state index is -0.535. The Hall–Kier alpha value is -1.30. The lowest BCUT2D eigenvalue weighted by Gasteiger charge is -2.36. The maximum absolute atomic E-state index is 10.4. The molecule has 0 bridgehead atoms. The molecule has 1 heterocycles. The summed E-state index contributed by atoms with van der Waals surface area (Å²) >= 11 is 0. The van der Waals surface area contributed by atoms with Gasteiger partial charge in [-0.2, -0.15) is 0 Å². The van der Waals surface area contributed by atoms with Crippen molar-refractivity contribution in [1.82, 2.24) is 4.90 Å². The molecule has 5 nitrogen and oxygen atoms in total. The first-order valence-corrected chi connectivity index (χ1v) is 9.06. The highest BCUT2D eigenvalue weighted by atomic mass is 16.5. The molecule has 1 N–H and O–H groups in total. The molecule has 5 heteroatoms. The van der Waals surface area contributed by atoms with E-state index in [0.717, 1.165) is 30.2 Å². The second kappa shape index (κ2) is 8.39. The van der Waals surface area contributed by atoms with Crippen molar-refractivity contribution in [3.05, 3.63) is 23.8 Å². The number of rotatable bonds is 6. The number of morpholine rings is 1. The van der Waals surface area contributed by atoms with Gasteiger partial charge < -0.3 is 19.3 Å². The Labute approximate surface area is 151 Å². The van der Waals surface area contributed by atoms with Crippen LogP contribution < -0.4 is 9.47 Å².